The van der Waals surface area contributed by atoms with E-state index < -0.39 is 5.54 Å². The van der Waals surface area contributed by atoms with Crippen LogP contribution >= 0.6 is 22.9 Å². The van der Waals surface area contributed by atoms with Crippen LogP contribution in [0.5, 0.6) is 0 Å². The Kier molecular flexibility index (Phi) is 4.67. The Morgan fingerprint density at radius 1 is 1.60 bits per heavy atom. The fourth-order valence-corrected chi connectivity index (χ4v) is 3.59. The minimum Gasteiger partial charge on any atom is -0.382 e. The normalized spacial score (nSPS) is 22.1. The molecule has 20 heavy (non-hydrogen) atoms. The number of nitrogens with zero attached hydrogens (tertiary/aromatic N) is 1. The number of amides is 2. The number of rotatable bonds is 4. The van der Waals surface area contributed by atoms with Crippen LogP contribution in [0.15, 0.2) is 11.4 Å². The maximum Gasteiger partial charge on any atom is 0.257 e. The maximum absolute atomic E-state index is 12.7. The lowest BCUT2D eigenvalue weighted by atomic mass is 9.95. The molecule has 110 valence electrons. The molecule has 0 bridgehead atoms. The van der Waals surface area contributed by atoms with Gasteiger partial charge in [-0.2, -0.15) is 0 Å². The molecule has 1 saturated heterocycles. The number of likely N-dealkylation sites (N-methyl/N-ethyl adjacent to an activating group) is 1. The number of carbonyl (C=O) groups is 2. The summed E-state index contributed by atoms with van der Waals surface area (Å²) in [5.74, 6) is -0.411. The first-order chi connectivity index (χ1) is 9.56. The van der Waals surface area contributed by atoms with Gasteiger partial charge in [0.2, 0.25) is 5.91 Å². The molecule has 5 nitrogen and oxygen atoms in total. The van der Waals surface area contributed by atoms with Gasteiger partial charge in [0.1, 0.15) is 9.88 Å². The van der Waals surface area contributed by atoms with Crippen LogP contribution in [0.2, 0.25) is 4.34 Å². The second-order valence-corrected chi connectivity index (χ2v) is 6.23. The molecular weight excluding hydrogens is 300 g/mol. The Labute approximate surface area is 126 Å². The summed E-state index contributed by atoms with van der Waals surface area (Å²) in [6, 6.07) is 1.69. The molecule has 0 spiro atoms. The number of carbonyl (C=O) groups excluding carboxylic acids is 2. The van der Waals surface area contributed by atoms with Crippen LogP contribution in [0.3, 0.4) is 0 Å². The van der Waals surface area contributed by atoms with Crippen LogP contribution in [0, 0.1) is 0 Å². The predicted molar refractivity (Wildman–Crippen MR) is 78.3 cm³/mol. The molecule has 1 unspecified atom stereocenters. The van der Waals surface area contributed by atoms with Crippen molar-refractivity contribution >= 4 is 34.8 Å². The van der Waals surface area contributed by atoms with Gasteiger partial charge in [0.15, 0.2) is 0 Å². The van der Waals surface area contributed by atoms with Crippen molar-refractivity contribution in [2.24, 2.45) is 0 Å². The number of ether oxygens (including phenoxy) is 1. The monoisotopic (exact) mass is 316 g/mol. The van der Waals surface area contributed by atoms with Crippen molar-refractivity contribution in [1.82, 2.24) is 10.2 Å². The number of thiophene rings is 1. The Balaban J connectivity index is 2.36. The third kappa shape index (κ3) is 2.43. The molecule has 1 aliphatic heterocycles. The Morgan fingerprint density at radius 2 is 2.35 bits per heavy atom. The molecule has 2 heterocycles. The van der Waals surface area contributed by atoms with Gasteiger partial charge >= 0.3 is 0 Å². The number of hydrogen-bond acceptors (Lipinski definition) is 4. The highest BCUT2D eigenvalue weighted by Crippen LogP contribution is 2.34. The minimum absolute atomic E-state index is 0.181. The van der Waals surface area contributed by atoms with E-state index >= 15 is 0 Å². The lowest BCUT2D eigenvalue weighted by Gasteiger charge is -2.36. The van der Waals surface area contributed by atoms with Gasteiger partial charge in [-0.1, -0.05) is 11.6 Å². The topological polar surface area (TPSA) is 58.6 Å². The Hall–Kier alpha value is -1.11. The largest absolute Gasteiger partial charge is 0.382 e. The highest BCUT2D eigenvalue weighted by molar-refractivity contribution is 7.14. The second kappa shape index (κ2) is 6.11. The van der Waals surface area contributed by atoms with Crippen LogP contribution in [0.1, 0.15) is 23.2 Å². The Morgan fingerprint density at radius 3 is 2.90 bits per heavy atom. The molecule has 1 fully saturated rings. The summed E-state index contributed by atoms with van der Waals surface area (Å²) in [5, 5.41) is 4.40. The molecule has 0 aromatic carbocycles. The van der Waals surface area contributed by atoms with E-state index in [9.17, 15) is 9.59 Å². The van der Waals surface area contributed by atoms with E-state index in [0.29, 0.717) is 22.9 Å². The summed E-state index contributed by atoms with van der Waals surface area (Å²) in [6.45, 7) is 0.710. The summed E-state index contributed by atoms with van der Waals surface area (Å²) in [5.41, 5.74) is -0.491. The third-order valence-electron chi connectivity index (χ3n) is 3.62. The quantitative estimate of drug-likeness (QED) is 0.921. The molecule has 0 saturated carbocycles. The van der Waals surface area contributed by atoms with Gasteiger partial charge in [-0.15, -0.1) is 11.3 Å². The molecule has 2 amide bonds. The van der Waals surface area contributed by atoms with Gasteiger partial charge in [-0.25, -0.2) is 0 Å². The number of halogens is 1. The van der Waals surface area contributed by atoms with Crippen molar-refractivity contribution in [3.05, 3.63) is 21.3 Å². The van der Waals surface area contributed by atoms with Crippen molar-refractivity contribution in [3.63, 3.8) is 0 Å². The van der Waals surface area contributed by atoms with Crippen LogP contribution in [-0.2, 0) is 9.53 Å². The van der Waals surface area contributed by atoms with E-state index in [1.54, 1.807) is 23.4 Å². The van der Waals surface area contributed by atoms with Crippen LogP contribution in [0.4, 0.5) is 0 Å². The standard InChI is InChI=1S/C13H17ClN2O3S/c1-15-12(18)13(8-19-2)5-3-6-16(13)11(17)9-4-7-20-10(9)14/h4,7H,3,5-6,8H2,1-2H3,(H,15,18). The number of hydrogen-bond donors (Lipinski definition) is 1. The minimum atomic E-state index is -0.939. The average molecular weight is 317 g/mol. The Bertz CT molecular complexity index is 519. The van der Waals surface area contributed by atoms with Gasteiger partial charge < -0.3 is 15.0 Å². The molecule has 0 aliphatic carbocycles. The summed E-state index contributed by atoms with van der Waals surface area (Å²) < 4.78 is 5.64. The number of likely N-dealkylation sites (tertiary alicyclic amines) is 1. The number of methoxy groups -OCH3 is 1. The molecule has 1 aliphatic rings. The van der Waals surface area contributed by atoms with Gasteiger partial charge in [0, 0.05) is 20.7 Å². The molecule has 0 radical (unpaired) electrons. The van der Waals surface area contributed by atoms with E-state index in [1.807, 2.05) is 0 Å². The zero-order valence-corrected chi connectivity index (χ0v) is 13.0. The van der Waals surface area contributed by atoms with Crippen molar-refractivity contribution < 1.29 is 14.3 Å². The average Bonchev–Trinajstić information content (AvgIpc) is 3.04. The highest BCUT2D eigenvalue weighted by atomic mass is 35.5. The first-order valence-electron chi connectivity index (χ1n) is 6.33. The number of nitrogens with one attached hydrogen (secondary N) is 1. The maximum atomic E-state index is 12.7. The van der Waals surface area contributed by atoms with E-state index in [4.69, 9.17) is 16.3 Å². The van der Waals surface area contributed by atoms with E-state index in [1.165, 1.54) is 18.4 Å². The van der Waals surface area contributed by atoms with Gasteiger partial charge in [-0.05, 0) is 24.3 Å². The smallest absolute Gasteiger partial charge is 0.257 e. The summed E-state index contributed by atoms with van der Waals surface area (Å²) in [4.78, 5) is 26.5. The predicted octanol–water partition coefficient (Wildman–Crippen LogP) is 1.77. The molecule has 1 aromatic heterocycles. The molecular formula is C13H17ClN2O3S. The van der Waals surface area contributed by atoms with Crippen molar-refractivity contribution in [2.45, 2.75) is 18.4 Å². The molecule has 1 aromatic rings. The van der Waals surface area contributed by atoms with Crippen LogP contribution in [-0.4, -0.2) is 49.6 Å². The molecule has 7 heteroatoms. The molecule has 1 atom stereocenters. The van der Waals surface area contributed by atoms with Gasteiger partial charge in [-0.3, -0.25) is 9.59 Å². The van der Waals surface area contributed by atoms with E-state index in [2.05, 4.69) is 5.32 Å². The first kappa shape index (κ1) is 15.3. The van der Waals surface area contributed by atoms with Crippen molar-refractivity contribution in [2.75, 3.05) is 27.3 Å². The fraction of sp³-hybridized carbons (Fsp3) is 0.538. The zero-order chi connectivity index (χ0) is 14.8. The third-order valence-corrected chi connectivity index (χ3v) is 4.79. The van der Waals surface area contributed by atoms with Crippen molar-refractivity contribution in [3.8, 4) is 0 Å². The lowest BCUT2D eigenvalue weighted by Crippen LogP contribution is -2.59. The second-order valence-electron chi connectivity index (χ2n) is 4.71. The molecule has 1 N–H and O–H groups in total. The van der Waals surface area contributed by atoms with Crippen LogP contribution in [0.25, 0.3) is 0 Å². The van der Waals surface area contributed by atoms with Gasteiger partial charge in [0.25, 0.3) is 5.91 Å². The van der Waals surface area contributed by atoms with Gasteiger partial charge in [0.05, 0.1) is 12.2 Å². The SMILES string of the molecule is CNC(=O)C1(COC)CCCN1C(=O)c1ccsc1Cl. The summed E-state index contributed by atoms with van der Waals surface area (Å²) in [7, 11) is 3.10. The zero-order valence-electron chi connectivity index (χ0n) is 11.4. The van der Waals surface area contributed by atoms with Crippen LogP contribution < -0.4 is 5.32 Å². The highest BCUT2D eigenvalue weighted by Gasteiger charge is 2.49. The first-order valence-corrected chi connectivity index (χ1v) is 7.58. The van der Waals surface area contributed by atoms with Crippen molar-refractivity contribution in [1.29, 1.82) is 0 Å². The van der Waals surface area contributed by atoms with E-state index in [0.717, 1.165) is 6.42 Å². The summed E-state index contributed by atoms with van der Waals surface area (Å²) in [6.07, 6.45) is 1.36. The van der Waals surface area contributed by atoms with E-state index in [-0.39, 0.29) is 18.4 Å². The lowest BCUT2D eigenvalue weighted by molar-refractivity contribution is -0.133. The fourth-order valence-electron chi connectivity index (χ4n) is 2.69. The summed E-state index contributed by atoms with van der Waals surface area (Å²) >= 11 is 7.34. The molecule has 2 rings (SSSR count).